The molecule has 1 aliphatic carbocycles. The Morgan fingerprint density at radius 1 is 0.779 bits per heavy atom. The number of furan rings is 1. The van der Waals surface area contributed by atoms with Gasteiger partial charge in [-0.15, -0.1) is 0 Å². The lowest BCUT2D eigenvalue weighted by atomic mass is 9.95. The van der Waals surface area contributed by atoms with Crippen molar-refractivity contribution in [1.29, 1.82) is 0 Å². The molecular weight excluding hydrogens is 1290 g/mol. The van der Waals surface area contributed by atoms with Crippen molar-refractivity contribution in [2.75, 3.05) is 10.6 Å². The van der Waals surface area contributed by atoms with Crippen molar-refractivity contribution >= 4 is 124 Å². The predicted molar refractivity (Wildman–Crippen MR) is 350 cm³/mol. The van der Waals surface area contributed by atoms with Crippen LogP contribution in [0, 0.1) is 5.82 Å². The number of carboxylic acid groups (broad SMARTS) is 2. The van der Waals surface area contributed by atoms with Crippen molar-refractivity contribution in [3.63, 3.8) is 0 Å². The third-order valence-corrected chi connectivity index (χ3v) is 11.8. The number of hydrogen-bond acceptors (Lipinski definition) is 14. The summed E-state index contributed by atoms with van der Waals surface area (Å²) in [5, 5.41) is 29.3. The van der Waals surface area contributed by atoms with Crippen LogP contribution < -0.4 is 16.4 Å². The first kappa shape index (κ1) is 78.3. The number of nitrogens with zero attached hydrogens (tertiary/aromatic N) is 7. The number of alkyl halides is 2. The Kier molecular flexibility index (Phi) is 32.5. The number of aliphatic imine (C=N–C) groups is 1. The number of carboxylic acids is 2. The Hall–Kier alpha value is -7.70. The van der Waals surface area contributed by atoms with Gasteiger partial charge in [0.2, 0.25) is 22.2 Å². The van der Waals surface area contributed by atoms with E-state index in [1.165, 1.54) is 11.6 Å². The number of aromatic nitrogens is 7. The summed E-state index contributed by atoms with van der Waals surface area (Å²) in [6, 6.07) is 29.4. The number of nitrogens with one attached hydrogen (secondary N) is 3. The molecule has 466 valence electrons. The van der Waals surface area contributed by atoms with Gasteiger partial charge >= 0.3 is 18.0 Å². The van der Waals surface area contributed by atoms with Gasteiger partial charge in [-0.05, 0) is 146 Å². The molecule has 1 aliphatic heterocycles. The second kappa shape index (κ2) is 35.7. The first-order valence-corrected chi connectivity index (χ1v) is 26.4. The number of rotatable bonds is 7. The molecule has 18 nitrogen and oxygen atoms in total. The summed E-state index contributed by atoms with van der Waals surface area (Å²) in [6.45, 7) is 10.0. The van der Waals surface area contributed by atoms with Gasteiger partial charge < -0.3 is 40.7 Å². The summed E-state index contributed by atoms with van der Waals surface area (Å²) in [7, 11) is 0. The van der Waals surface area contributed by atoms with E-state index < -0.39 is 35.4 Å². The number of anilines is 4. The molecule has 0 atom stereocenters. The third kappa shape index (κ3) is 24.7. The molecule has 0 bridgehead atoms. The fourth-order valence-electron chi connectivity index (χ4n) is 6.70. The van der Waals surface area contributed by atoms with Crippen molar-refractivity contribution in [2.24, 2.45) is 10.7 Å². The van der Waals surface area contributed by atoms with Crippen LogP contribution in [-0.2, 0) is 11.3 Å². The topological polar surface area (TPSA) is 262 Å². The number of H-pyrrole nitrogens is 1. The Labute approximate surface area is 527 Å². The van der Waals surface area contributed by atoms with Gasteiger partial charge in [0.25, 0.3) is 0 Å². The first-order chi connectivity index (χ1) is 37.8. The lowest BCUT2D eigenvalue weighted by Crippen LogP contribution is -2.27. The van der Waals surface area contributed by atoms with Crippen LogP contribution in [0.15, 0.2) is 140 Å². The maximum Gasteiger partial charge on any atom is 0.435 e. The zero-order valence-electron chi connectivity index (χ0n) is 43.3. The molecule has 0 saturated heterocycles. The van der Waals surface area contributed by atoms with Crippen LogP contribution in [0.3, 0.4) is 0 Å². The fourth-order valence-corrected chi connectivity index (χ4v) is 7.68. The molecule has 1 fully saturated rings. The molecule has 5 aromatic heterocycles. The van der Waals surface area contributed by atoms with Gasteiger partial charge in [-0.1, -0.05) is 115 Å². The van der Waals surface area contributed by atoms with E-state index in [2.05, 4.69) is 83.6 Å². The van der Waals surface area contributed by atoms with Crippen LogP contribution in [0.25, 0.3) is 33.0 Å². The molecule has 9 aromatic rings. The second-order valence-corrected chi connectivity index (χ2v) is 21.2. The van der Waals surface area contributed by atoms with E-state index in [4.69, 9.17) is 48.3 Å². The third-order valence-electron chi connectivity index (χ3n) is 10.5. The molecule has 11 rings (SSSR count). The predicted octanol–water partition coefficient (Wildman–Crippen LogP) is 19.0. The SMILES string of the molecule is C.C.C.C.C.C.CC(C)(C)OC(=O)n1cc(-c2ccc(Nc3nc(Cl)ncc3F)cc2)cn1.CC(C)N.Clc1nccc(Nc2ccc3c(c2)C=NC3)n1.FC1(F)CCC1.O=C(O)c1cc2ccc(Br)cc2[nH]1.O=C(O)c1cc2ccc(Br)cc2o1. The zero-order valence-corrected chi connectivity index (χ0v) is 48.0. The number of ether oxygens (including phenoxy) is 1. The first-order valence-electron chi connectivity index (χ1n) is 24.1. The maximum atomic E-state index is 13.7. The number of fused-ring (bicyclic) bond motifs is 3. The van der Waals surface area contributed by atoms with E-state index in [0.29, 0.717) is 29.6 Å². The lowest BCUT2D eigenvalue weighted by Gasteiger charge is -2.23. The molecular formula is C61H76Br2Cl2F3N11O7. The summed E-state index contributed by atoms with van der Waals surface area (Å²) in [4.78, 5) is 55.5. The average molecular weight is 1360 g/mol. The van der Waals surface area contributed by atoms with Gasteiger partial charge in [0.15, 0.2) is 11.6 Å². The molecule has 86 heavy (non-hydrogen) atoms. The summed E-state index contributed by atoms with van der Waals surface area (Å²) in [5.41, 5.74) is 11.7. The summed E-state index contributed by atoms with van der Waals surface area (Å²) in [5.74, 6) is -4.24. The number of hydrogen-bond donors (Lipinski definition) is 6. The van der Waals surface area contributed by atoms with Crippen molar-refractivity contribution in [3.05, 3.63) is 170 Å². The highest BCUT2D eigenvalue weighted by atomic mass is 79.9. The minimum absolute atomic E-state index is 0. The number of nitrogens with two attached hydrogens (primary N) is 1. The van der Waals surface area contributed by atoms with E-state index >= 15 is 0 Å². The minimum atomic E-state index is -2.28. The highest BCUT2D eigenvalue weighted by Crippen LogP contribution is 2.36. The molecule has 0 spiro atoms. The standard InChI is InChI=1S/C18H17ClFN5O2.C12H9ClN4.C9H6BrNO2.C9H5BrO3.C4H6F2.C3H9N.6CH4/c1-18(2,3)27-17(26)25-10-12(8-22-25)11-4-6-13(7-5-11)23-15-14(20)9-21-16(19)24-15;13-12-15-4-3-11(17-12)16-10-2-1-8-6-14-7-9(8)5-10;10-6-2-1-5-3-8(9(12)13)11-7(5)4-6;10-6-2-1-5-3-8(9(11)12)13-7(5)4-6;5-4(6)2-1-3-4;1-3(2)4;;;;;;/h4-10H,1-3H3,(H,21,23,24);1-5,7H,6H2,(H,15,16,17);1-4,11H,(H,12,13);1-4H,(H,11,12);1-3H2;3H,4H2,1-2H3;6*1H4. The lowest BCUT2D eigenvalue weighted by molar-refractivity contribution is -0.0717. The van der Waals surface area contributed by atoms with Gasteiger partial charge in [-0.25, -0.2) is 42.5 Å². The Morgan fingerprint density at radius 2 is 1.38 bits per heavy atom. The molecule has 0 amide bonds. The number of halogens is 7. The Bertz CT molecular complexity index is 3530. The van der Waals surface area contributed by atoms with Gasteiger partial charge in [0.05, 0.1) is 18.9 Å². The Morgan fingerprint density at radius 3 is 1.97 bits per heavy atom. The van der Waals surface area contributed by atoms with E-state index in [9.17, 15) is 27.6 Å². The van der Waals surface area contributed by atoms with Crippen molar-refractivity contribution in [3.8, 4) is 11.1 Å². The van der Waals surface area contributed by atoms with Gasteiger partial charge in [-0.2, -0.15) is 14.8 Å². The highest BCUT2D eigenvalue weighted by Gasteiger charge is 2.36. The number of carbonyl (C=O) groups excluding carboxylic acids is 1. The Balaban J connectivity index is 0.00000107. The normalized spacial score (nSPS) is 11.7. The number of carbonyl (C=O) groups is 3. The van der Waals surface area contributed by atoms with E-state index in [1.807, 2.05) is 56.5 Å². The molecule has 7 N–H and O–H groups in total. The molecule has 25 heteroatoms. The minimum Gasteiger partial charge on any atom is -0.477 e. The van der Waals surface area contributed by atoms with Crippen molar-refractivity contribution in [2.45, 2.75) is 123 Å². The van der Waals surface area contributed by atoms with E-state index in [1.54, 1.807) is 87.9 Å². The van der Waals surface area contributed by atoms with E-state index in [-0.39, 0.29) is 85.2 Å². The zero-order chi connectivity index (χ0) is 58.3. The average Bonchev–Trinajstić information content (AvgIpc) is 4.39. The maximum absolute atomic E-state index is 13.7. The van der Waals surface area contributed by atoms with Gasteiger partial charge in [0.1, 0.15) is 22.7 Å². The van der Waals surface area contributed by atoms with Gasteiger partial charge in [-0.3, -0.25) is 4.99 Å². The monoisotopic (exact) mass is 1360 g/mol. The smallest absolute Gasteiger partial charge is 0.435 e. The molecule has 0 radical (unpaired) electrons. The number of benzene rings is 4. The highest BCUT2D eigenvalue weighted by molar-refractivity contribution is 9.10. The summed E-state index contributed by atoms with van der Waals surface area (Å²) < 4.78 is 50.1. The second-order valence-electron chi connectivity index (χ2n) is 18.7. The molecule has 1 saturated carbocycles. The fraction of sp³-hybridized carbons (Fsp3) is 0.295. The number of aromatic carboxylic acids is 2. The van der Waals surface area contributed by atoms with Crippen molar-refractivity contribution in [1.82, 2.24) is 34.7 Å². The van der Waals surface area contributed by atoms with Crippen LogP contribution in [-0.4, -0.2) is 86.7 Å². The number of aromatic amines is 1. The quantitative estimate of drug-likeness (QED) is 0.0811. The summed E-state index contributed by atoms with van der Waals surface area (Å²) in [6.07, 6.45) is 8.05. The van der Waals surface area contributed by atoms with Crippen LogP contribution in [0.2, 0.25) is 10.6 Å². The van der Waals surface area contributed by atoms with Crippen LogP contribution in [0.5, 0.6) is 0 Å². The van der Waals surface area contributed by atoms with Crippen LogP contribution in [0.1, 0.15) is 131 Å². The van der Waals surface area contributed by atoms with Crippen molar-refractivity contribution < 1.29 is 46.9 Å². The van der Waals surface area contributed by atoms with Crippen LogP contribution in [0.4, 0.5) is 41.0 Å². The molecule has 2 aliphatic rings. The van der Waals surface area contributed by atoms with E-state index in [0.717, 1.165) is 65.0 Å². The van der Waals surface area contributed by atoms with Gasteiger partial charge in [0, 0.05) is 73.6 Å². The molecule has 0 unspecified atom stereocenters. The molecule has 4 aromatic carbocycles. The molecule has 6 heterocycles. The largest absolute Gasteiger partial charge is 0.477 e. The van der Waals surface area contributed by atoms with Crippen LogP contribution >= 0.6 is 55.1 Å². The summed E-state index contributed by atoms with van der Waals surface area (Å²) >= 11 is 18.0.